The van der Waals surface area contributed by atoms with Crippen molar-refractivity contribution in [3.05, 3.63) is 35.9 Å². The normalized spacial score (nSPS) is 29.9. The van der Waals surface area contributed by atoms with Crippen LogP contribution >= 0.6 is 0 Å². The van der Waals surface area contributed by atoms with Gasteiger partial charge in [-0.3, -0.25) is 4.79 Å². The first-order valence-electron chi connectivity index (χ1n) is 9.47. The maximum absolute atomic E-state index is 13.4. The summed E-state index contributed by atoms with van der Waals surface area (Å²) in [5, 5.41) is 20.7. The van der Waals surface area contributed by atoms with E-state index in [0.29, 0.717) is 18.7 Å². The number of amides is 2. The molecule has 2 amide bonds. The van der Waals surface area contributed by atoms with Gasteiger partial charge in [0.15, 0.2) is 5.60 Å². The Kier molecular flexibility index (Phi) is 4.18. The summed E-state index contributed by atoms with van der Waals surface area (Å²) in [6.07, 6.45) is 2.90. The van der Waals surface area contributed by atoms with Gasteiger partial charge in [0.2, 0.25) is 0 Å². The highest BCUT2D eigenvalue weighted by molar-refractivity contribution is 5.87. The predicted molar refractivity (Wildman–Crippen MR) is 95.4 cm³/mol. The molecule has 2 aliphatic carbocycles. The zero-order valence-corrected chi connectivity index (χ0v) is 15.0. The third kappa shape index (κ3) is 2.58. The molecule has 3 aliphatic rings. The number of piperidine rings is 1. The molecule has 26 heavy (non-hydrogen) atoms. The van der Waals surface area contributed by atoms with E-state index in [1.165, 1.54) is 4.90 Å². The van der Waals surface area contributed by atoms with Crippen molar-refractivity contribution in [3.63, 3.8) is 0 Å². The van der Waals surface area contributed by atoms with Gasteiger partial charge in [-0.25, -0.2) is 4.79 Å². The number of hydrogen-bond donors (Lipinski definition) is 2. The fourth-order valence-corrected chi connectivity index (χ4v) is 5.17. The molecule has 140 valence electrons. The van der Waals surface area contributed by atoms with E-state index in [-0.39, 0.29) is 29.7 Å². The highest BCUT2D eigenvalue weighted by Gasteiger charge is 2.61. The lowest BCUT2D eigenvalue weighted by atomic mass is 9.79. The topological polar surface area (TPSA) is 81.1 Å². The average molecular weight is 358 g/mol. The first kappa shape index (κ1) is 17.3. The molecule has 3 fully saturated rings. The van der Waals surface area contributed by atoms with E-state index in [1.807, 2.05) is 30.3 Å². The second kappa shape index (κ2) is 6.27. The SMILES string of the molecule is CN(C(=O)O)C1C2CN(C(=O)C(O)(c3ccccc3)C3CCCC3)CC21. The van der Waals surface area contributed by atoms with Gasteiger partial charge in [-0.15, -0.1) is 0 Å². The van der Waals surface area contributed by atoms with Gasteiger partial charge in [0.05, 0.1) is 0 Å². The molecule has 1 aromatic rings. The molecule has 0 radical (unpaired) electrons. The number of carbonyl (C=O) groups excluding carboxylic acids is 1. The van der Waals surface area contributed by atoms with Crippen molar-refractivity contribution >= 4 is 12.0 Å². The van der Waals surface area contributed by atoms with Crippen LogP contribution in [0, 0.1) is 17.8 Å². The predicted octanol–water partition coefficient (Wildman–Crippen LogP) is 2.13. The van der Waals surface area contributed by atoms with Gasteiger partial charge in [0.25, 0.3) is 5.91 Å². The van der Waals surface area contributed by atoms with E-state index in [9.17, 15) is 14.7 Å². The van der Waals surface area contributed by atoms with Crippen LogP contribution in [0.25, 0.3) is 0 Å². The smallest absolute Gasteiger partial charge is 0.407 e. The summed E-state index contributed by atoms with van der Waals surface area (Å²) in [5.74, 6) is 0.138. The molecule has 6 nitrogen and oxygen atoms in total. The summed E-state index contributed by atoms with van der Waals surface area (Å²) in [6.45, 7) is 1.07. The van der Waals surface area contributed by atoms with Crippen molar-refractivity contribution in [2.45, 2.75) is 37.3 Å². The zero-order valence-electron chi connectivity index (χ0n) is 15.0. The second-order valence-corrected chi connectivity index (χ2v) is 8.04. The summed E-state index contributed by atoms with van der Waals surface area (Å²) in [5.41, 5.74) is -0.792. The third-order valence-electron chi connectivity index (χ3n) is 6.67. The van der Waals surface area contributed by atoms with E-state index in [0.717, 1.165) is 25.7 Å². The minimum Gasteiger partial charge on any atom is -0.465 e. The summed E-state index contributed by atoms with van der Waals surface area (Å²) in [6, 6.07) is 9.31. The number of fused-ring (bicyclic) bond motifs is 1. The molecular weight excluding hydrogens is 332 g/mol. The number of nitrogens with zero attached hydrogens (tertiary/aromatic N) is 2. The highest BCUT2D eigenvalue weighted by atomic mass is 16.4. The van der Waals surface area contributed by atoms with Crippen LogP contribution in [-0.4, -0.2) is 58.2 Å². The van der Waals surface area contributed by atoms with Crippen molar-refractivity contribution in [3.8, 4) is 0 Å². The van der Waals surface area contributed by atoms with E-state index in [4.69, 9.17) is 5.11 Å². The standard InChI is InChI=1S/C20H26N2O4/c1-21(19(24)25)17-15-11-22(12-16(15)17)18(23)20(26,14-9-5-6-10-14)13-7-3-2-4-8-13/h2-4,7-8,14-17,26H,5-6,9-12H2,1H3,(H,24,25). The number of carboxylic acid groups (broad SMARTS) is 1. The molecule has 2 saturated carbocycles. The molecule has 1 heterocycles. The van der Waals surface area contributed by atoms with Gasteiger partial charge in [0, 0.05) is 43.9 Å². The number of carbonyl (C=O) groups is 2. The number of hydrogen-bond acceptors (Lipinski definition) is 3. The van der Waals surface area contributed by atoms with Crippen molar-refractivity contribution in [1.29, 1.82) is 0 Å². The Morgan fingerprint density at radius 1 is 1.12 bits per heavy atom. The van der Waals surface area contributed by atoms with Crippen LogP contribution in [-0.2, 0) is 10.4 Å². The fourth-order valence-electron chi connectivity index (χ4n) is 5.17. The molecule has 4 rings (SSSR count). The Labute approximate surface area is 153 Å². The molecule has 0 bridgehead atoms. The van der Waals surface area contributed by atoms with Crippen molar-refractivity contribution in [2.24, 2.45) is 17.8 Å². The van der Waals surface area contributed by atoms with Crippen molar-refractivity contribution < 1.29 is 19.8 Å². The van der Waals surface area contributed by atoms with E-state index >= 15 is 0 Å². The summed E-state index contributed by atoms with van der Waals surface area (Å²) >= 11 is 0. The lowest BCUT2D eigenvalue weighted by molar-refractivity contribution is -0.159. The lowest BCUT2D eigenvalue weighted by Crippen LogP contribution is -2.51. The van der Waals surface area contributed by atoms with Crippen LogP contribution in [0.5, 0.6) is 0 Å². The fraction of sp³-hybridized carbons (Fsp3) is 0.600. The number of rotatable bonds is 4. The molecule has 1 saturated heterocycles. The van der Waals surface area contributed by atoms with E-state index in [2.05, 4.69) is 0 Å². The maximum Gasteiger partial charge on any atom is 0.407 e. The first-order valence-corrected chi connectivity index (χ1v) is 9.47. The van der Waals surface area contributed by atoms with Gasteiger partial charge in [-0.05, 0) is 18.4 Å². The molecule has 0 aromatic heterocycles. The summed E-state index contributed by atoms with van der Waals surface area (Å²) in [7, 11) is 1.59. The lowest BCUT2D eigenvalue weighted by Gasteiger charge is -2.37. The minimum absolute atomic E-state index is 0.00727. The molecule has 1 aliphatic heterocycles. The van der Waals surface area contributed by atoms with Crippen molar-refractivity contribution in [1.82, 2.24) is 9.80 Å². The van der Waals surface area contributed by atoms with Crippen LogP contribution in [0.15, 0.2) is 30.3 Å². The largest absolute Gasteiger partial charge is 0.465 e. The van der Waals surface area contributed by atoms with E-state index < -0.39 is 11.7 Å². The Morgan fingerprint density at radius 2 is 1.69 bits per heavy atom. The third-order valence-corrected chi connectivity index (χ3v) is 6.67. The maximum atomic E-state index is 13.4. The Bertz CT molecular complexity index is 691. The van der Waals surface area contributed by atoms with Crippen LogP contribution in [0.1, 0.15) is 31.2 Å². The Balaban J connectivity index is 1.53. The molecule has 3 atom stereocenters. The molecule has 1 aromatic carbocycles. The van der Waals surface area contributed by atoms with Gasteiger partial charge >= 0.3 is 6.09 Å². The summed E-state index contributed by atoms with van der Waals surface area (Å²) < 4.78 is 0. The zero-order chi connectivity index (χ0) is 18.5. The molecule has 0 spiro atoms. The van der Waals surface area contributed by atoms with Crippen LogP contribution in [0.3, 0.4) is 0 Å². The summed E-state index contributed by atoms with van der Waals surface area (Å²) in [4.78, 5) is 27.6. The van der Waals surface area contributed by atoms with Crippen LogP contribution in [0.2, 0.25) is 0 Å². The second-order valence-electron chi connectivity index (χ2n) is 8.04. The quantitative estimate of drug-likeness (QED) is 0.864. The van der Waals surface area contributed by atoms with Gasteiger partial charge < -0.3 is 20.0 Å². The Hall–Kier alpha value is -2.08. The van der Waals surface area contributed by atoms with Gasteiger partial charge in [-0.2, -0.15) is 0 Å². The molecule has 2 N–H and O–H groups in total. The average Bonchev–Trinajstić information content (AvgIpc) is 3.06. The highest BCUT2D eigenvalue weighted by Crippen LogP contribution is 2.50. The molecular formula is C20H26N2O4. The van der Waals surface area contributed by atoms with Gasteiger partial charge in [0.1, 0.15) is 0 Å². The van der Waals surface area contributed by atoms with Crippen LogP contribution < -0.4 is 0 Å². The monoisotopic (exact) mass is 358 g/mol. The number of benzene rings is 1. The molecule has 3 unspecified atom stereocenters. The van der Waals surface area contributed by atoms with Crippen molar-refractivity contribution in [2.75, 3.05) is 20.1 Å². The van der Waals surface area contributed by atoms with E-state index in [1.54, 1.807) is 11.9 Å². The van der Waals surface area contributed by atoms with Crippen LogP contribution in [0.4, 0.5) is 4.79 Å². The molecule has 6 heteroatoms. The minimum atomic E-state index is -1.47. The Morgan fingerprint density at radius 3 is 2.23 bits per heavy atom. The number of aliphatic hydroxyl groups is 1. The number of likely N-dealkylation sites (tertiary alicyclic amines) is 1. The first-order chi connectivity index (χ1) is 12.4. The van der Waals surface area contributed by atoms with Gasteiger partial charge in [-0.1, -0.05) is 43.2 Å².